The summed E-state index contributed by atoms with van der Waals surface area (Å²) >= 11 is 0. The van der Waals surface area contributed by atoms with E-state index in [0.29, 0.717) is 11.6 Å². The predicted octanol–water partition coefficient (Wildman–Crippen LogP) is 6.17. The van der Waals surface area contributed by atoms with Crippen molar-refractivity contribution in [1.29, 1.82) is 0 Å². The minimum absolute atomic E-state index is 0.00142. The molecular weight excluding hydrogens is 420 g/mol. The number of halogens is 2. The molecule has 0 bridgehead atoms. The summed E-state index contributed by atoms with van der Waals surface area (Å²) in [6.45, 7) is 4.72. The van der Waals surface area contributed by atoms with E-state index >= 15 is 0 Å². The number of benzene rings is 2. The minimum Gasteiger partial charge on any atom is -0.322 e. The van der Waals surface area contributed by atoms with Gasteiger partial charge in [0.25, 0.3) is 7.37 Å². The Kier molecular flexibility index (Phi) is 8.50. The van der Waals surface area contributed by atoms with Gasteiger partial charge in [0.05, 0.1) is 25.1 Å². The Balaban J connectivity index is 2.83. The Hall–Kier alpha value is -1.62. The highest BCUT2D eigenvalue weighted by molar-refractivity contribution is 7.85. The first-order chi connectivity index (χ1) is 13.8. The van der Waals surface area contributed by atoms with Crippen LogP contribution in [0.15, 0.2) is 53.6 Å². The largest absolute Gasteiger partial charge is 0.367 e. The van der Waals surface area contributed by atoms with Gasteiger partial charge in [-0.1, -0.05) is 30.3 Å². The summed E-state index contributed by atoms with van der Waals surface area (Å²) in [6.07, 6.45) is 1.37. The molecular formula is C20H24F2O5P2. The van der Waals surface area contributed by atoms with Gasteiger partial charge in [-0.05, 0) is 44.5 Å². The van der Waals surface area contributed by atoms with Gasteiger partial charge >= 0.3 is 7.60 Å². The third-order valence-corrected chi connectivity index (χ3v) is 9.58. The maximum atomic E-state index is 14.6. The lowest BCUT2D eigenvalue weighted by Gasteiger charge is -2.27. The second kappa shape index (κ2) is 10.4. The first kappa shape index (κ1) is 23.7. The second-order valence-electron chi connectivity index (χ2n) is 5.81. The van der Waals surface area contributed by atoms with Gasteiger partial charge in [0.2, 0.25) is 0 Å². The van der Waals surface area contributed by atoms with Crippen LogP contribution < -0.4 is 5.30 Å². The quantitative estimate of drug-likeness (QED) is 0.410. The molecule has 0 fully saturated rings. The predicted molar refractivity (Wildman–Crippen MR) is 111 cm³/mol. The van der Waals surface area contributed by atoms with Crippen LogP contribution in [-0.2, 0) is 22.7 Å². The highest BCUT2D eigenvalue weighted by Gasteiger charge is 2.46. The molecule has 1 atom stereocenters. The Morgan fingerprint density at radius 2 is 1.48 bits per heavy atom. The highest BCUT2D eigenvalue weighted by atomic mass is 31.2. The van der Waals surface area contributed by atoms with Crippen LogP contribution in [0, 0.1) is 11.6 Å². The molecule has 0 heterocycles. The van der Waals surface area contributed by atoms with Crippen molar-refractivity contribution < 1.29 is 31.5 Å². The fourth-order valence-electron chi connectivity index (χ4n) is 2.69. The van der Waals surface area contributed by atoms with Crippen LogP contribution in [0.2, 0.25) is 0 Å². The molecule has 9 heteroatoms. The third-order valence-electron chi connectivity index (χ3n) is 3.81. The summed E-state index contributed by atoms with van der Waals surface area (Å²) in [5.41, 5.74) is 0.546. The van der Waals surface area contributed by atoms with Crippen LogP contribution in [0.5, 0.6) is 0 Å². The van der Waals surface area contributed by atoms with E-state index in [1.165, 1.54) is 6.08 Å². The van der Waals surface area contributed by atoms with E-state index in [-0.39, 0.29) is 24.9 Å². The van der Waals surface area contributed by atoms with Gasteiger partial charge in [0.1, 0.15) is 16.7 Å². The first-order valence-corrected chi connectivity index (χ1v) is 12.3. The van der Waals surface area contributed by atoms with Crippen molar-refractivity contribution in [3.8, 4) is 0 Å². The van der Waals surface area contributed by atoms with E-state index in [9.17, 15) is 17.9 Å². The van der Waals surface area contributed by atoms with E-state index in [2.05, 4.69) is 0 Å². The van der Waals surface area contributed by atoms with Gasteiger partial charge in [0, 0.05) is 6.07 Å². The molecule has 1 unspecified atom stereocenters. The van der Waals surface area contributed by atoms with Gasteiger partial charge in [-0.3, -0.25) is 9.13 Å². The van der Waals surface area contributed by atoms with Crippen molar-refractivity contribution in [3.63, 3.8) is 0 Å². The van der Waals surface area contributed by atoms with Gasteiger partial charge in [-0.2, -0.15) is 0 Å². The molecule has 29 heavy (non-hydrogen) atoms. The van der Waals surface area contributed by atoms with Crippen LogP contribution in [0.25, 0.3) is 6.08 Å². The molecule has 0 aliphatic carbocycles. The van der Waals surface area contributed by atoms with Crippen LogP contribution >= 0.6 is 15.0 Å². The average molecular weight is 444 g/mol. The average Bonchev–Trinajstić information content (AvgIpc) is 2.67. The van der Waals surface area contributed by atoms with Crippen LogP contribution in [0.4, 0.5) is 8.78 Å². The topological polar surface area (TPSA) is 61.8 Å². The van der Waals surface area contributed by atoms with E-state index < -0.39 is 31.9 Å². The summed E-state index contributed by atoms with van der Waals surface area (Å²) in [5, 5.41) is -0.699. The van der Waals surface area contributed by atoms with Crippen molar-refractivity contribution >= 4 is 26.3 Å². The zero-order chi connectivity index (χ0) is 21.5. The monoisotopic (exact) mass is 444 g/mol. The molecule has 0 aliphatic rings. The molecule has 0 amide bonds. The first-order valence-electron chi connectivity index (χ1n) is 9.18. The van der Waals surface area contributed by atoms with Gasteiger partial charge in [0.15, 0.2) is 0 Å². The smallest absolute Gasteiger partial charge is 0.322 e. The lowest BCUT2D eigenvalue weighted by atomic mass is 10.2. The minimum atomic E-state index is -4.28. The molecule has 0 N–H and O–H groups in total. The lowest BCUT2D eigenvalue weighted by Crippen LogP contribution is -2.16. The summed E-state index contributed by atoms with van der Waals surface area (Å²) in [5.74, 6) is -1.90. The molecule has 2 aromatic carbocycles. The Bertz CT molecular complexity index is 937. The number of rotatable bonds is 10. The molecule has 2 rings (SSSR count). The second-order valence-corrected chi connectivity index (χ2v) is 10.5. The SMILES string of the molecule is CCOP(=O)(OCC)/C(=C\c1ccccc1)P(=O)(OCC)c1ccc(F)cc1F. The van der Waals surface area contributed by atoms with Crippen LogP contribution in [0.3, 0.4) is 0 Å². The summed E-state index contributed by atoms with van der Waals surface area (Å²) in [7, 11) is -8.41. The molecule has 0 aromatic heterocycles. The normalized spacial score (nSPS) is 14.6. The molecule has 2 aromatic rings. The fourth-order valence-corrected chi connectivity index (χ4v) is 7.97. The molecule has 0 aliphatic heterocycles. The summed E-state index contributed by atoms with van der Waals surface area (Å²) in [6, 6.07) is 11.2. The highest BCUT2D eigenvalue weighted by Crippen LogP contribution is 2.73. The fraction of sp³-hybridized carbons (Fsp3) is 0.300. The van der Waals surface area contributed by atoms with E-state index in [1.54, 1.807) is 51.1 Å². The van der Waals surface area contributed by atoms with Crippen molar-refractivity contribution in [2.75, 3.05) is 19.8 Å². The lowest BCUT2D eigenvalue weighted by molar-refractivity contribution is 0.227. The number of hydrogen-bond acceptors (Lipinski definition) is 5. The molecule has 158 valence electrons. The molecule has 0 radical (unpaired) electrons. The third kappa shape index (κ3) is 5.50. The summed E-state index contributed by atoms with van der Waals surface area (Å²) < 4.78 is 72.1. The van der Waals surface area contributed by atoms with Crippen molar-refractivity contribution in [2.24, 2.45) is 0 Å². The van der Waals surface area contributed by atoms with Crippen LogP contribution in [-0.4, -0.2) is 19.8 Å². The van der Waals surface area contributed by atoms with Crippen molar-refractivity contribution in [1.82, 2.24) is 0 Å². The Morgan fingerprint density at radius 3 is 2.00 bits per heavy atom. The Labute approximate surface area is 169 Å². The Morgan fingerprint density at radius 1 is 0.897 bits per heavy atom. The summed E-state index contributed by atoms with van der Waals surface area (Å²) in [4.78, 5) is 0. The molecule has 0 saturated heterocycles. The molecule has 0 saturated carbocycles. The van der Waals surface area contributed by atoms with Crippen molar-refractivity contribution in [3.05, 3.63) is 70.8 Å². The van der Waals surface area contributed by atoms with Gasteiger partial charge in [-0.25, -0.2) is 8.78 Å². The van der Waals surface area contributed by atoms with E-state index in [0.717, 1.165) is 12.1 Å². The van der Waals surface area contributed by atoms with E-state index in [4.69, 9.17) is 13.6 Å². The van der Waals surface area contributed by atoms with E-state index in [1.807, 2.05) is 0 Å². The zero-order valence-electron chi connectivity index (χ0n) is 16.5. The standard InChI is InChI=1S/C20H24F2O5P2/c1-4-25-28(23,19-13-12-17(21)15-18(19)22)20(14-16-10-8-7-9-11-16)29(24,26-5-2)27-6-3/h7-15H,4-6H2,1-3H3/b20-14-. The number of hydrogen-bond donors (Lipinski definition) is 0. The van der Waals surface area contributed by atoms with Crippen LogP contribution in [0.1, 0.15) is 26.3 Å². The maximum Gasteiger partial charge on any atom is 0.367 e. The maximum absolute atomic E-state index is 14.6. The van der Waals surface area contributed by atoms with Gasteiger partial charge in [-0.15, -0.1) is 0 Å². The van der Waals surface area contributed by atoms with Gasteiger partial charge < -0.3 is 13.6 Å². The molecule has 0 spiro atoms. The van der Waals surface area contributed by atoms with Crippen molar-refractivity contribution in [2.45, 2.75) is 20.8 Å². The molecule has 5 nitrogen and oxygen atoms in total. The zero-order valence-corrected chi connectivity index (χ0v) is 18.3.